The molecule has 0 saturated heterocycles. The molecule has 26 heavy (non-hydrogen) atoms. The van der Waals surface area contributed by atoms with Crippen LogP contribution in [0, 0.1) is 0 Å². The average molecular weight is 392 g/mol. The summed E-state index contributed by atoms with van der Waals surface area (Å²) in [5, 5.41) is 2.66. The molecule has 0 unspecified atom stereocenters. The van der Waals surface area contributed by atoms with Crippen LogP contribution in [0.15, 0.2) is 47.4 Å². The van der Waals surface area contributed by atoms with E-state index >= 15 is 0 Å². The standard InChI is InChI=1S/C16H16N4O4S2/c1-24-13-7-3-2-5-11(13)16(21)17-9-10-18-26(22,23)14-8-4-6-12-15(14)20-25-19-12/h2-8,18H,9-10H2,1H3,(H,17,21). The summed E-state index contributed by atoms with van der Waals surface area (Å²) < 4.78 is 40.6. The van der Waals surface area contributed by atoms with Crippen LogP contribution < -0.4 is 14.8 Å². The van der Waals surface area contributed by atoms with E-state index in [1.165, 1.54) is 13.2 Å². The van der Waals surface area contributed by atoms with E-state index in [0.717, 1.165) is 11.7 Å². The van der Waals surface area contributed by atoms with Crippen LogP contribution in [0.2, 0.25) is 0 Å². The van der Waals surface area contributed by atoms with Gasteiger partial charge in [0, 0.05) is 13.1 Å². The lowest BCUT2D eigenvalue weighted by molar-refractivity contribution is 0.0951. The molecule has 10 heteroatoms. The lowest BCUT2D eigenvalue weighted by Crippen LogP contribution is -2.34. The summed E-state index contributed by atoms with van der Waals surface area (Å²) in [6.07, 6.45) is 0. The van der Waals surface area contributed by atoms with E-state index in [-0.39, 0.29) is 23.9 Å². The molecule has 1 aromatic heterocycles. The summed E-state index contributed by atoms with van der Waals surface area (Å²) in [5.41, 5.74) is 1.25. The van der Waals surface area contributed by atoms with Gasteiger partial charge in [0.25, 0.3) is 5.91 Å². The van der Waals surface area contributed by atoms with Gasteiger partial charge in [0.15, 0.2) is 0 Å². The summed E-state index contributed by atoms with van der Waals surface area (Å²) in [5.74, 6) is 0.112. The Morgan fingerprint density at radius 3 is 2.73 bits per heavy atom. The van der Waals surface area contributed by atoms with E-state index in [1.54, 1.807) is 36.4 Å². The molecule has 0 atom stereocenters. The predicted octanol–water partition coefficient (Wildman–Crippen LogP) is 1.41. The lowest BCUT2D eigenvalue weighted by Gasteiger charge is -2.10. The smallest absolute Gasteiger partial charge is 0.255 e. The molecule has 8 nitrogen and oxygen atoms in total. The monoisotopic (exact) mass is 392 g/mol. The number of ether oxygens (including phenoxy) is 1. The van der Waals surface area contributed by atoms with Crippen LogP contribution in [-0.4, -0.2) is 43.3 Å². The predicted molar refractivity (Wildman–Crippen MR) is 97.9 cm³/mol. The second-order valence-corrected chi connectivity index (χ2v) is 7.51. The number of fused-ring (bicyclic) bond motifs is 1. The van der Waals surface area contributed by atoms with E-state index in [9.17, 15) is 13.2 Å². The molecule has 3 aromatic rings. The Balaban J connectivity index is 1.61. The van der Waals surface area contributed by atoms with E-state index in [4.69, 9.17) is 4.74 Å². The van der Waals surface area contributed by atoms with Crippen molar-refractivity contribution in [2.24, 2.45) is 0 Å². The fraction of sp³-hybridized carbons (Fsp3) is 0.188. The third kappa shape index (κ3) is 3.82. The van der Waals surface area contributed by atoms with Gasteiger partial charge in [-0.25, -0.2) is 13.1 Å². The number of carbonyl (C=O) groups excluding carboxylic acids is 1. The third-order valence-electron chi connectivity index (χ3n) is 3.59. The van der Waals surface area contributed by atoms with Gasteiger partial charge in [-0.3, -0.25) is 4.79 Å². The first-order valence-electron chi connectivity index (χ1n) is 7.65. The number of hydrogen-bond donors (Lipinski definition) is 2. The number of methoxy groups -OCH3 is 1. The lowest BCUT2D eigenvalue weighted by atomic mass is 10.2. The Morgan fingerprint density at radius 1 is 1.12 bits per heavy atom. The van der Waals surface area contributed by atoms with Crippen LogP contribution in [0.5, 0.6) is 5.75 Å². The van der Waals surface area contributed by atoms with Gasteiger partial charge in [0.2, 0.25) is 10.0 Å². The quantitative estimate of drug-likeness (QED) is 0.588. The van der Waals surface area contributed by atoms with Crippen LogP contribution in [0.1, 0.15) is 10.4 Å². The van der Waals surface area contributed by atoms with Crippen molar-refractivity contribution < 1.29 is 17.9 Å². The largest absolute Gasteiger partial charge is 0.496 e. The number of para-hydroxylation sites is 1. The molecule has 3 rings (SSSR count). The van der Waals surface area contributed by atoms with Gasteiger partial charge >= 0.3 is 0 Å². The van der Waals surface area contributed by atoms with Gasteiger partial charge in [-0.15, -0.1) is 0 Å². The minimum Gasteiger partial charge on any atom is -0.496 e. The summed E-state index contributed by atoms with van der Waals surface area (Å²) in [6.45, 7) is 0.165. The summed E-state index contributed by atoms with van der Waals surface area (Å²) in [4.78, 5) is 12.2. The van der Waals surface area contributed by atoms with Gasteiger partial charge in [-0.2, -0.15) is 8.75 Å². The molecule has 0 aliphatic heterocycles. The first-order chi connectivity index (χ1) is 12.5. The van der Waals surface area contributed by atoms with Gasteiger partial charge in [0.05, 0.1) is 24.4 Å². The number of nitrogens with one attached hydrogen (secondary N) is 2. The van der Waals surface area contributed by atoms with E-state index < -0.39 is 10.0 Å². The molecule has 1 amide bonds. The molecule has 0 aliphatic carbocycles. The number of nitrogens with zero attached hydrogens (tertiary/aromatic N) is 2. The number of carbonyl (C=O) groups is 1. The molecule has 2 aromatic carbocycles. The SMILES string of the molecule is COc1ccccc1C(=O)NCCNS(=O)(=O)c1cccc2nsnc12. The Bertz CT molecular complexity index is 1030. The highest BCUT2D eigenvalue weighted by Crippen LogP contribution is 2.20. The van der Waals surface area contributed by atoms with Crippen molar-refractivity contribution in [3.05, 3.63) is 48.0 Å². The van der Waals surface area contributed by atoms with Gasteiger partial charge in [-0.1, -0.05) is 18.2 Å². The number of rotatable bonds is 7. The maximum atomic E-state index is 12.5. The molecule has 0 saturated carbocycles. The molecule has 136 valence electrons. The van der Waals surface area contributed by atoms with Crippen LogP contribution in [-0.2, 0) is 10.0 Å². The number of sulfonamides is 1. The highest BCUT2D eigenvalue weighted by atomic mass is 32.2. The van der Waals surface area contributed by atoms with Gasteiger partial charge in [-0.05, 0) is 24.3 Å². The number of benzene rings is 2. The van der Waals surface area contributed by atoms with Crippen molar-refractivity contribution in [1.82, 2.24) is 18.8 Å². The number of aromatic nitrogens is 2. The fourth-order valence-electron chi connectivity index (χ4n) is 2.36. The van der Waals surface area contributed by atoms with E-state index in [0.29, 0.717) is 22.3 Å². The van der Waals surface area contributed by atoms with Crippen molar-refractivity contribution in [3.8, 4) is 5.75 Å². The molecular formula is C16H16N4O4S2. The zero-order chi connectivity index (χ0) is 18.6. The van der Waals surface area contributed by atoms with Crippen LogP contribution in [0.25, 0.3) is 11.0 Å². The third-order valence-corrected chi connectivity index (χ3v) is 5.63. The van der Waals surface area contributed by atoms with Crippen molar-refractivity contribution in [1.29, 1.82) is 0 Å². The van der Waals surface area contributed by atoms with Crippen LogP contribution >= 0.6 is 11.7 Å². The minimum absolute atomic E-state index is 0.0389. The molecule has 0 fully saturated rings. The minimum atomic E-state index is -3.75. The zero-order valence-corrected chi connectivity index (χ0v) is 15.4. The molecule has 0 radical (unpaired) electrons. The maximum absolute atomic E-state index is 12.5. The number of hydrogen-bond acceptors (Lipinski definition) is 7. The second-order valence-electron chi connectivity index (χ2n) is 5.24. The molecule has 2 N–H and O–H groups in total. The number of amides is 1. The fourth-order valence-corrected chi connectivity index (χ4v) is 4.16. The van der Waals surface area contributed by atoms with Crippen molar-refractivity contribution >= 4 is 38.7 Å². The molecule has 0 spiro atoms. The summed E-state index contributed by atoms with van der Waals surface area (Å²) in [7, 11) is -2.27. The van der Waals surface area contributed by atoms with E-state index in [1.807, 2.05) is 0 Å². The van der Waals surface area contributed by atoms with Crippen molar-refractivity contribution in [2.75, 3.05) is 20.2 Å². The topological polar surface area (TPSA) is 110 Å². The Morgan fingerprint density at radius 2 is 1.92 bits per heavy atom. The second kappa shape index (κ2) is 7.77. The van der Waals surface area contributed by atoms with Crippen molar-refractivity contribution in [3.63, 3.8) is 0 Å². The first kappa shape index (κ1) is 18.2. The molecule has 1 heterocycles. The molecule has 0 bridgehead atoms. The molecule has 0 aliphatic rings. The summed E-state index contributed by atoms with van der Waals surface area (Å²) >= 11 is 0.955. The Hall–Kier alpha value is -2.56. The van der Waals surface area contributed by atoms with E-state index in [2.05, 4.69) is 18.8 Å². The Labute approximate surface area is 154 Å². The van der Waals surface area contributed by atoms with Gasteiger partial charge < -0.3 is 10.1 Å². The highest BCUT2D eigenvalue weighted by molar-refractivity contribution is 7.89. The maximum Gasteiger partial charge on any atom is 0.255 e. The normalized spacial score (nSPS) is 11.4. The van der Waals surface area contributed by atoms with Crippen LogP contribution in [0.4, 0.5) is 0 Å². The van der Waals surface area contributed by atoms with Crippen molar-refractivity contribution in [2.45, 2.75) is 4.90 Å². The first-order valence-corrected chi connectivity index (χ1v) is 9.86. The molecular weight excluding hydrogens is 376 g/mol. The summed E-state index contributed by atoms with van der Waals surface area (Å²) in [6, 6.07) is 11.6. The Kier molecular flexibility index (Phi) is 5.45. The van der Waals surface area contributed by atoms with Gasteiger partial charge in [0.1, 0.15) is 21.7 Å². The van der Waals surface area contributed by atoms with Crippen LogP contribution in [0.3, 0.4) is 0 Å². The zero-order valence-electron chi connectivity index (χ0n) is 13.8. The average Bonchev–Trinajstić information content (AvgIpc) is 3.13. The highest BCUT2D eigenvalue weighted by Gasteiger charge is 2.19.